The highest BCUT2D eigenvalue weighted by molar-refractivity contribution is 5.89. The molecule has 2 aromatic carbocycles. The maximum absolute atomic E-state index is 10.2. The highest BCUT2D eigenvalue weighted by Gasteiger charge is 2.05. The Labute approximate surface area is 109 Å². The number of phenolic OH excluding ortho intramolecular Hbond substituents is 1. The molecule has 0 radical (unpaired) electrons. The van der Waals surface area contributed by atoms with Crippen molar-refractivity contribution in [3.05, 3.63) is 53.6 Å². The van der Waals surface area contributed by atoms with E-state index in [9.17, 15) is 5.11 Å². The minimum atomic E-state index is 0.449. The highest BCUT2D eigenvalue weighted by Crippen LogP contribution is 2.29. The van der Waals surface area contributed by atoms with Crippen LogP contribution in [0.15, 0.2) is 48.0 Å². The summed E-state index contributed by atoms with van der Waals surface area (Å²) in [6.07, 6.45) is 5.34. The number of hydrogen-bond acceptors (Lipinski definition) is 1. The number of fused-ring (bicyclic) bond motifs is 1. The number of rotatable bonds is 4. The molecule has 0 saturated heterocycles. The van der Waals surface area contributed by atoms with Crippen LogP contribution >= 0.6 is 0 Å². The third-order valence-corrected chi connectivity index (χ3v) is 3.19. The van der Waals surface area contributed by atoms with E-state index in [-0.39, 0.29) is 0 Å². The molecule has 0 spiro atoms. The first-order chi connectivity index (χ1) is 8.68. The van der Waals surface area contributed by atoms with E-state index in [2.05, 4.69) is 26.0 Å². The molecule has 1 heteroatoms. The lowest BCUT2D eigenvalue weighted by atomic mass is 10.0. The predicted octanol–water partition coefficient (Wildman–Crippen LogP) is 4.83. The van der Waals surface area contributed by atoms with Crippen molar-refractivity contribution in [3.63, 3.8) is 0 Å². The summed E-state index contributed by atoms with van der Waals surface area (Å²) >= 11 is 0. The van der Waals surface area contributed by atoms with Crippen LogP contribution in [0, 0.1) is 0 Å². The van der Waals surface area contributed by atoms with Crippen molar-refractivity contribution in [1.82, 2.24) is 0 Å². The van der Waals surface area contributed by atoms with Gasteiger partial charge in [0.25, 0.3) is 0 Å². The topological polar surface area (TPSA) is 20.2 Å². The average Bonchev–Trinajstić information content (AvgIpc) is 2.37. The van der Waals surface area contributed by atoms with Gasteiger partial charge in [-0.25, -0.2) is 0 Å². The maximum atomic E-state index is 10.2. The second kappa shape index (κ2) is 5.72. The summed E-state index contributed by atoms with van der Waals surface area (Å²) in [5, 5.41) is 12.3. The van der Waals surface area contributed by atoms with Crippen LogP contribution in [0.3, 0.4) is 0 Å². The summed E-state index contributed by atoms with van der Waals surface area (Å²) < 4.78 is 0. The van der Waals surface area contributed by atoms with Crippen molar-refractivity contribution in [2.45, 2.75) is 33.1 Å². The third-order valence-electron chi connectivity index (χ3n) is 3.19. The fourth-order valence-corrected chi connectivity index (χ4v) is 2.19. The normalized spacial score (nSPS) is 10.6. The van der Waals surface area contributed by atoms with E-state index in [1.54, 1.807) is 0 Å². The van der Waals surface area contributed by atoms with Crippen molar-refractivity contribution >= 4 is 10.8 Å². The van der Waals surface area contributed by atoms with Crippen molar-refractivity contribution in [3.8, 4) is 5.75 Å². The molecular weight excluding hydrogens is 220 g/mol. The molecule has 0 aliphatic rings. The lowest BCUT2D eigenvalue weighted by Crippen LogP contribution is -1.87. The monoisotopic (exact) mass is 240 g/mol. The van der Waals surface area contributed by atoms with Crippen LogP contribution < -0.4 is 0 Å². The van der Waals surface area contributed by atoms with Gasteiger partial charge in [-0.2, -0.15) is 0 Å². The number of allylic oxidation sites excluding steroid dienone is 2. The first-order valence-electron chi connectivity index (χ1n) is 6.51. The smallest absolute Gasteiger partial charge is 0.126 e. The van der Waals surface area contributed by atoms with Crippen molar-refractivity contribution in [2.75, 3.05) is 0 Å². The highest BCUT2D eigenvalue weighted by atomic mass is 16.3. The lowest BCUT2D eigenvalue weighted by molar-refractivity contribution is 0.473. The average molecular weight is 240 g/mol. The van der Waals surface area contributed by atoms with Gasteiger partial charge in [-0.1, -0.05) is 48.0 Å². The molecule has 0 amide bonds. The van der Waals surface area contributed by atoms with Crippen molar-refractivity contribution in [2.24, 2.45) is 0 Å². The molecule has 0 aliphatic heterocycles. The number of hydrogen-bond donors (Lipinski definition) is 1. The Kier molecular flexibility index (Phi) is 4.03. The van der Waals surface area contributed by atoms with Crippen LogP contribution in [0.2, 0.25) is 0 Å². The van der Waals surface area contributed by atoms with Gasteiger partial charge >= 0.3 is 0 Å². The summed E-state index contributed by atoms with van der Waals surface area (Å²) in [4.78, 5) is 0. The molecule has 0 heterocycles. The predicted molar refractivity (Wildman–Crippen MR) is 78.0 cm³/mol. The van der Waals surface area contributed by atoms with Crippen LogP contribution in [0.1, 0.15) is 32.3 Å². The molecule has 0 saturated carbocycles. The van der Waals surface area contributed by atoms with E-state index in [1.807, 2.05) is 30.3 Å². The molecule has 0 atom stereocenters. The maximum Gasteiger partial charge on any atom is 0.126 e. The molecule has 0 bridgehead atoms. The standard InChI is InChI=1S/C17H20O/c1-13(2)7-3-4-9-15-12-11-14-8-5-6-10-16(14)17(15)18/h5-8,10-12,18H,3-4,9H2,1-2H3. The summed E-state index contributed by atoms with van der Waals surface area (Å²) in [7, 11) is 0. The van der Waals surface area contributed by atoms with E-state index >= 15 is 0 Å². The van der Waals surface area contributed by atoms with Crippen molar-refractivity contribution in [1.29, 1.82) is 0 Å². The van der Waals surface area contributed by atoms with Crippen LogP contribution in [-0.2, 0) is 6.42 Å². The van der Waals surface area contributed by atoms with E-state index in [0.29, 0.717) is 5.75 Å². The molecule has 2 aromatic rings. The lowest BCUT2D eigenvalue weighted by Gasteiger charge is -2.07. The summed E-state index contributed by atoms with van der Waals surface area (Å²) in [6.45, 7) is 4.24. The first kappa shape index (κ1) is 12.7. The quantitative estimate of drug-likeness (QED) is 0.599. The van der Waals surface area contributed by atoms with Gasteiger partial charge in [0.15, 0.2) is 0 Å². The molecule has 1 nitrogen and oxygen atoms in total. The SMILES string of the molecule is CC(C)=CCCCc1ccc2ccccc2c1O. The largest absolute Gasteiger partial charge is 0.507 e. The Morgan fingerprint density at radius 2 is 1.89 bits per heavy atom. The summed E-state index contributed by atoms with van der Waals surface area (Å²) in [5.41, 5.74) is 2.41. The molecular formula is C17H20O. The van der Waals surface area contributed by atoms with Crippen LogP contribution in [-0.4, -0.2) is 5.11 Å². The van der Waals surface area contributed by atoms with Gasteiger partial charge in [-0.3, -0.25) is 0 Å². The number of aromatic hydroxyl groups is 1. The van der Waals surface area contributed by atoms with Gasteiger partial charge in [0.1, 0.15) is 5.75 Å². The number of phenols is 1. The Balaban J connectivity index is 2.14. The van der Waals surface area contributed by atoms with Crippen LogP contribution in [0.5, 0.6) is 5.75 Å². The summed E-state index contributed by atoms with van der Waals surface area (Å²) in [5.74, 6) is 0.449. The molecule has 94 valence electrons. The Morgan fingerprint density at radius 1 is 1.11 bits per heavy atom. The Morgan fingerprint density at radius 3 is 2.67 bits per heavy atom. The van der Waals surface area contributed by atoms with E-state index < -0.39 is 0 Å². The van der Waals surface area contributed by atoms with Gasteiger partial charge in [-0.05, 0) is 44.1 Å². The molecule has 0 fully saturated rings. The Bertz CT molecular complexity index is 563. The van der Waals surface area contributed by atoms with Crippen LogP contribution in [0.4, 0.5) is 0 Å². The van der Waals surface area contributed by atoms with Crippen molar-refractivity contribution < 1.29 is 5.11 Å². The van der Waals surface area contributed by atoms with E-state index in [4.69, 9.17) is 0 Å². The van der Waals surface area contributed by atoms with Gasteiger partial charge in [0, 0.05) is 5.39 Å². The minimum Gasteiger partial charge on any atom is -0.507 e. The molecule has 2 rings (SSSR count). The fraction of sp³-hybridized carbons (Fsp3) is 0.294. The van der Waals surface area contributed by atoms with E-state index in [0.717, 1.165) is 35.6 Å². The summed E-state index contributed by atoms with van der Waals surface area (Å²) in [6, 6.07) is 12.1. The fourth-order valence-electron chi connectivity index (χ4n) is 2.19. The number of unbranched alkanes of at least 4 members (excludes halogenated alkanes) is 1. The molecule has 18 heavy (non-hydrogen) atoms. The zero-order valence-corrected chi connectivity index (χ0v) is 11.1. The molecule has 0 aromatic heterocycles. The van der Waals surface area contributed by atoms with Gasteiger partial charge in [-0.15, -0.1) is 0 Å². The van der Waals surface area contributed by atoms with E-state index in [1.165, 1.54) is 5.57 Å². The zero-order valence-electron chi connectivity index (χ0n) is 11.1. The molecule has 0 aliphatic carbocycles. The number of aryl methyl sites for hydroxylation is 1. The first-order valence-corrected chi connectivity index (χ1v) is 6.51. The molecule has 1 N–H and O–H groups in total. The van der Waals surface area contributed by atoms with Crippen LogP contribution in [0.25, 0.3) is 10.8 Å². The second-order valence-corrected chi connectivity index (χ2v) is 4.97. The van der Waals surface area contributed by atoms with Gasteiger partial charge < -0.3 is 5.11 Å². The number of benzene rings is 2. The second-order valence-electron chi connectivity index (χ2n) is 4.97. The molecule has 0 unspecified atom stereocenters. The Hall–Kier alpha value is -1.76. The third kappa shape index (κ3) is 2.92. The zero-order chi connectivity index (χ0) is 13.0. The minimum absolute atomic E-state index is 0.449. The van der Waals surface area contributed by atoms with Gasteiger partial charge in [0.2, 0.25) is 0 Å². The van der Waals surface area contributed by atoms with Gasteiger partial charge in [0.05, 0.1) is 0 Å².